The van der Waals surface area contributed by atoms with Crippen molar-refractivity contribution in [3.8, 4) is 0 Å². The van der Waals surface area contributed by atoms with Gasteiger partial charge in [-0.15, -0.1) is 0 Å². The van der Waals surface area contributed by atoms with Crippen molar-refractivity contribution in [2.75, 3.05) is 27.2 Å². The number of hydrogen-bond acceptors (Lipinski definition) is 3. The molecule has 0 saturated carbocycles. The number of hydrogen-bond donors (Lipinski definition) is 1. The van der Waals surface area contributed by atoms with E-state index in [0.717, 1.165) is 0 Å². The lowest BCUT2D eigenvalue weighted by Crippen LogP contribution is -2.39. The quantitative estimate of drug-likeness (QED) is 0.897. The van der Waals surface area contributed by atoms with Crippen LogP contribution in [0.15, 0.2) is 24.3 Å². The molecule has 0 atom stereocenters. The molecular formula is C16H24N2O3. The monoisotopic (exact) mass is 292 g/mol. The minimum absolute atomic E-state index is 0.114. The number of nitrogens with zero attached hydrogens (tertiary/aromatic N) is 2. The number of carbonyl (C=O) groups excluding carboxylic acids is 2. The molecule has 2 amide bonds. The third kappa shape index (κ3) is 4.86. The van der Waals surface area contributed by atoms with Crippen LogP contribution in [0.2, 0.25) is 0 Å². The van der Waals surface area contributed by atoms with Gasteiger partial charge in [0.15, 0.2) is 0 Å². The van der Waals surface area contributed by atoms with E-state index in [1.165, 1.54) is 4.90 Å². The summed E-state index contributed by atoms with van der Waals surface area (Å²) >= 11 is 0. The van der Waals surface area contributed by atoms with Gasteiger partial charge in [-0.3, -0.25) is 9.59 Å². The number of carbonyl (C=O) groups is 2. The van der Waals surface area contributed by atoms with Crippen LogP contribution in [-0.4, -0.2) is 59.5 Å². The molecule has 0 aliphatic carbocycles. The van der Waals surface area contributed by atoms with Gasteiger partial charge in [0, 0.05) is 38.3 Å². The van der Waals surface area contributed by atoms with E-state index in [1.54, 1.807) is 57.1 Å². The third-order valence-corrected chi connectivity index (χ3v) is 3.15. The fraction of sp³-hybridized carbons (Fsp3) is 0.500. The highest BCUT2D eigenvalue weighted by atomic mass is 16.3. The standard InChI is InChI=1S/C16H24N2O3/c1-6-17(4)14(19)12-8-7-9-13(10-12)15(20)18(5)11-16(2,3)21/h7-10,21H,6,11H2,1-5H3. The topological polar surface area (TPSA) is 60.9 Å². The zero-order chi connectivity index (χ0) is 16.2. The minimum atomic E-state index is -0.958. The number of benzene rings is 1. The molecule has 1 N–H and O–H groups in total. The van der Waals surface area contributed by atoms with Crippen LogP contribution in [0.4, 0.5) is 0 Å². The summed E-state index contributed by atoms with van der Waals surface area (Å²) in [5.74, 6) is -0.330. The van der Waals surface area contributed by atoms with Crippen molar-refractivity contribution < 1.29 is 14.7 Å². The number of rotatable bonds is 5. The fourth-order valence-electron chi connectivity index (χ4n) is 2.02. The van der Waals surface area contributed by atoms with Gasteiger partial charge >= 0.3 is 0 Å². The first-order chi connectivity index (χ1) is 9.65. The zero-order valence-electron chi connectivity index (χ0n) is 13.4. The normalized spacial score (nSPS) is 11.1. The highest BCUT2D eigenvalue weighted by Gasteiger charge is 2.21. The largest absolute Gasteiger partial charge is 0.389 e. The number of aliphatic hydroxyl groups is 1. The molecule has 0 bridgehead atoms. The Balaban J connectivity index is 2.94. The van der Waals surface area contributed by atoms with Crippen molar-refractivity contribution in [3.63, 3.8) is 0 Å². The molecule has 5 nitrogen and oxygen atoms in total. The van der Waals surface area contributed by atoms with Gasteiger partial charge in [0.05, 0.1) is 5.60 Å². The Kier molecular flexibility index (Phi) is 5.49. The summed E-state index contributed by atoms with van der Waals surface area (Å²) in [5.41, 5.74) is -0.0285. The predicted molar refractivity (Wildman–Crippen MR) is 82.3 cm³/mol. The first-order valence-corrected chi connectivity index (χ1v) is 6.99. The molecule has 0 fully saturated rings. The molecule has 0 aromatic heterocycles. The number of amides is 2. The zero-order valence-corrected chi connectivity index (χ0v) is 13.4. The minimum Gasteiger partial charge on any atom is -0.389 e. The van der Waals surface area contributed by atoms with Crippen LogP contribution in [0.25, 0.3) is 0 Å². The summed E-state index contributed by atoms with van der Waals surface area (Å²) in [6.45, 7) is 6.01. The SMILES string of the molecule is CCN(C)C(=O)c1cccc(C(=O)N(C)CC(C)(C)O)c1. The first kappa shape index (κ1) is 17.2. The molecule has 1 aromatic rings. The third-order valence-electron chi connectivity index (χ3n) is 3.15. The molecule has 1 aromatic carbocycles. The molecule has 0 saturated heterocycles. The van der Waals surface area contributed by atoms with Crippen LogP contribution >= 0.6 is 0 Å². The summed E-state index contributed by atoms with van der Waals surface area (Å²) in [5, 5.41) is 9.78. The summed E-state index contributed by atoms with van der Waals surface area (Å²) in [6, 6.07) is 6.66. The van der Waals surface area contributed by atoms with E-state index < -0.39 is 5.60 Å². The lowest BCUT2D eigenvalue weighted by atomic mass is 10.1. The van der Waals surface area contributed by atoms with Crippen LogP contribution in [-0.2, 0) is 0 Å². The van der Waals surface area contributed by atoms with Crippen molar-refractivity contribution in [3.05, 3.63) is 35.4 Å². The lowest BCUT2D eigenvalue weighted by Gasteiger charge is -2.25. The summed E-state index contributed by atoms with van der Waals surface area (Å²) in [6.07, 6.45) is 0. The van der Waals surface area contributed by atoms with E-state index in [9.17, 15) is 14.7 Å². The van der Waals surface area contributed by atoms with Crippen molar-refractivity contribution in [1.82, 2.24) is 9.80 Å². The van der Waals surface area contributed by atoms with E-state index in [0.29, 0.717) is 17.7 Å². The summed E-state index contributed by atoms with van der Waals surface area (Å²) in [7, 11) is 3.35. The van der Waals surface area contributed by atoms with Gasteiger partial charge in [-0.25, -0.2) is 0 Å². The van der Waals surface area contributed by atoms with E-state index in [4.69, 9.17) is 0 Å². The van der Waals surface area contributed by atoms with Gasteiger partial charge in [-0.1, -0.05) is 6.07 Å². The van der Waals surface area contributed by atoms with E-state index in [-0.39, 0.29) is 18.4 Å². The molecule has 0 aliphatic heterocycles. The average molecular weight is 292 g/mol. The van der Waals surface area contributed by atoms with Crippen LogP contribution in [0, 0.1) is 0 Å². The van der Waals surface area contributed by atoms with Crippen molar-refractivity contribution in [2.45, 2.75) is 26.4 Å². The molecule has 0 unspecified atom stereocenters. The second-order valence-electron chi connectivity index (χ2n) is 5.87. The lowest BCUT2D eigenvalue weighted by molar-refractivity contribution is 0.0368. The van der Waals surface area contributed by atoms with Gasteiger partial charge in [0.25, 0.3) is 11.8 Å². The van der Waals surface area contributed by atoms with Crippen molar-refractivity contribution >= 4 is 11.8 Å². The van der Waals surface area contributed by atoms with Gasteiger partial charge in [-0.05, 0) is 39.0 Å². The molecule has 116 valence electrons. The van der Waals surface area contributed by atoms with Crippen molar-refractivity contribution in [1.29, 1.82) is 0 Å². The maximum atomic E-state index is 12.3. The van der Waals surface area contributed by atoms with E-state index >= 15 is 0 Å². The smallest absolute Gasteiger partial charge is 0.253 e. The average Bonchev–Trinajstić information content (AvgIpc) is 2.43. The molecule has 5 heteroatoms. The summed E-state index contributed by atoms with van der Waals surface area (Å²) < 4.78 is 0. The molecule has 0 radical (unpaired) electrons. The highest BCUT2D eigenvalue weighted by Crippen LogP contribution is 2.12. The van der Waals surface area contributed by atoms with Gasteiger partial charge in [0.1, 0.15) is 0 Å². The van der Waals surface area contributed by atoms with Crippen LogP contribution in [0.3, 0.4) is 0 Å². The van der Waals surface area contributed by atoms with Crippen LogP contribution in [0.5, 0.6) is 0 Å². The van der Waals surface area contributed by atoms with E-state index in [1.807, 2.05) is 6.92 Å². The molecule has 0 spiro atoms. The Labute approximate surface area is 126 Å². The molecule has 0 aliphatic rings. The van der Waals surface area contributed by atoms with Crippen LogP contribution in [0.1, 0.15) is 41.5 Å². The molecule has 1 rings (SSSR count). The molecule has 21 heavy (non-hydrogen) atoms. The second kappa shape index (κ2) is 6.72. The first-order valence-electron chi connectivity index (χ1n) is 6.99. The van der Waals surface area contributed by atoms with Crippen molar-refractivity contribution in [2.24, 2.45) is 0 Å². The summed E-state index contributed by atoms with van der Waals surface area (Å²) in [4.78, 5) is 27.5. The maximum Gasteiger partial charge on any atom is 0.253 e. The molecule has 0 heterocycles. The fourth-order valence-corrected chi connectivity index (χ4v) is 2.02. The number of likely N-dealkylation sites (N-methyl/N-ethyl adjacent to an activating group) is 1. The predicted octanol–water partition coefficient (Wildman–Crippen LogP) is 1.62. The molecular weight excluding hydrogens is 268 g/mol. The Bertz CT molecular complexity index is 520. The van der Waals surface area contributed by atoms with E-state index in [2.05, 4.69) is 0 Å². The van der Waals surface area contributed by atoms with Gasteiger partial charge in [0.2, 0.25) is 0 Å². The Hall–Kier alpha value is -1.88. The Morgan fingerprint density at radius 2 is 1.57 bits per heavy atom. The maximum absolute atomic E-state index is 12.3. The highest BCUT2D eigenvalue weighted by molar-refractivity contribution is 5.99. The Morgan fingerprint density at radius 3 is 2.00 bits per heavy atom. The van der Waals surface area contributed by atoms with Gasteiger partial charge in [-0.2, -0.15) is 0 Å². The van der Waals surface area contributed by atoms with Gasteiger partial charge < -0.3 is 14.9 Å². The Morgan fingerprint density at radius 1 is 1.10 bits per heavy atom. The van der Waals surface area contributed by atoms with Crippen LogP contribution < -0.4 is 0 Å². The second-order valence-corrected chi connectivity index (χ2v) is 5.87.